The number of allylic oxidation sites excluding steroid dienone is 1. The summed E-state index contributed by atoms with van der Waals surface area (Å²) in [4.78, 5) is 5.64. The second-order valence-corrected chi connectivity index (χ2v) is 4.11. The van der Waals surface area contributed by atoms with Crippen molar-refractivity contribution in [3.05, 3.63) is 12.2 Å². The van der Waals surface area contributed by atoms with Crippen LogP contribution < -0.4 is 5.48 Å². The van der Waals surface area contributed by atoms with E-state index in [1.807, 2.05) is 0 Å². The van der Waals surface area contributed by atoms with Crippen molar-refractivity contribution in [3.63, 3.8) is 0 Å². The smallest absolute Gasteiger partial charge is 0.0790 e. The van der Waals surface area contributed by atoms with E-state index in [4.69, 9.17) is 4.84 Å². The standard InChI is InChI=1S/C11H19NO/c1-2-6-10(7-3-1)12-13-11-8-4-5-9-11/h2,6,10-12H,1,3-5,7-9H2. The largest absolute Gasteiger partial charge is 0.298 e. The number of nitrogens with one attached hydrogen (secondary N) is 1. The molecule has 0 heterocycles. The lowest BCUT2D eigenvalue weighted by Gasteiger charge is -2.20. The average molecular weight is 181 g/mol. The summed E-state index contributed by atoms with van der Waals surface area (Å²) in [5.74, 6) is 0. The Balaban J connectivity index is 1.66. The molecule has 2 aliphatic rings. The van der Waals surface area contributed by atoms with Gasteiger partial charge in [0.25, 0.3) is 0 Å². The first kappa shape index (κ1) is 9.22. The van der Waals surface area contributed by atoms with Crippen LogP contribution in [0.4, 0.5) is 0 Å². The fraction of sp³-hybridized carbons (Fsp3) is 0.818. The van der Waals surface area contributed by atoms with Gasteiger partial charge in [-0.15, -0.1) is 0 Å². The van der Waals surface area contributed by atoms with E-state index < -0.39 is 0 Å². The molecule has 0 aromatic rings. The van der Waals surface area contributed by atoms with Crippen molar-refractivity contribution in [1.82, 2.24) is 5.48 Å². The molecule has 1 atom stereocenters. The number of hydrogen-bond donors (Lipinski definition) is 1. The van der Waals surface area contributed by atoms with Crippen molar-refractivity contribution in [1.29, 1.82) is 0 Å². The Morgan fingerprint density at radius 2 is 1.92 bits per heavy atom. The molecule has 74 valence electrons. The van der Waals surface area contributed by atoms with E-state index in [0.717, 1.165) is 0 Å². The first-order chi connectivity index (χ1) is 6.45. The summed E-state index contributed by atoms with van der Waals surface area (Å²) < 4.78 is 0. The topological polar surface area (TPSA) is 21.3 Å². The van der Waals surface area contributed by atoms with Gasteiger partial charge in [0.2, 0.25) is 0 Å². The lowest BCUT2D eigenvalue weighted by Crippen LogP contribution is -2.32. The molecule has 2 heteroatoms. The van der Waals surface area contributed by atoms with Gasteiger partial charge >= 0.3 is 0 Å². The molecule has 2 nitrogen and oxygen atoms in total. The first-order valence-corrected chi connectivity index (χ1v) is 5.53. The second-order valence-electron chi connectivity index (χ2n) is 4.11. The van der Waals surface area contributed by atoms with Crippen molar-refractivity contribution in [2.75, 3.05) is 0 Å². The summed E-state index contributed by atoms with van der Waals surface area (Å²) >= 11 is 0. The highest BCUT2D eigenvalue weighted by Crippen LogP contribution is 2.20. The number of hydroxylamine groups is 1. The lowest BCUT2D eigenvalue weighted by atomic mass is 10.0. The highest BCUT2D eigenvalue weighted by molar-refractivity contribution is 4.96. The summed E-state index contributed by atoms with van der Waals surface area (Å²) in [6, 6.07) is 0.467. The van der Waals surface area contributed by atoms with Crippen LogP contribution in [0.3, 0.4) is 0 Å². The van der Waals surface area contributed by atoms with Crippen LogP contribution in [0.1, 0.15) is 44.9 Å². The molecule has 2 aliphatic carbocycles. The zero-order valence-electron chi connectivity index (χ0n) is 8.17. The molecule has 0 spiro atoms. The first-order valence-electron chi connectivity index (χ1n) is 5.53. The van der Waals surface area contributed by atoms with Crippen LogP contribution in [-0.2, 0) is 4.84 Å². The van der Waals surface area contributed by atoms with Crippen molar-refractivity contribution in [2.24, 2.45) is 0 Å². The van der Waals surface area contributed by atoms with E-state index in [9.17, 15) is 0 Å². The van der Waals surface area contributed by atoms with E-state index >= 15 is 0 Å². The van der Waals surface area contributed by atoms with Gasteiger partial charge in [0, 0.05) is 0 Å². The molecule has 0 amide bonds. The second kappa shape index (κ2) is 4.77. The molecule has 0 aromatic carbocycles. The summed E-state index contributed by atoms with van der Waals surface area (Å²) in [5, 5.41) is 0. The Labute approximate surface area is 80.3 Å². The maximum atomic E-state index is 5.64. The lowest BCUT2D eigenvalue weighted by molar-refractivity contribution is -0.0341. The molecule has 13 heavy (non-hydrogen) atoms. The molecule has 0 aromatic heterocycles. The molecular formula is C11H19NO. The monoisotopic (exact) mass is 181 g/mol. The Hall–Kier alpha value is -0.340. The van der Waals surface area contributed by atoms with Gasteiger partial charge in [-0.1, -0.05) is 25.0 Å². The van der Waals surface area contributed by atoms with Crippen molar-refractivity contribution >= 4 is 0 Å². The van der Waals surface area contributed by atoms with Gasteiger partial charge in [-0.05, 0) is 32.1 Å². The van der Waals surface area contributed by atoms with Gasteiger partial charge in [0.15, 0.2) is 0 Å². The maximum Gasteiger partial charge on any atom is 0.0790 e. The van der Waals surface area contributed by atoms with Gasteiger partial charge in [0.05, 0.1) is 12.1 Å². The fourth-order valence-corrected chi connectivity index (χ4v) is 2.10. The zero-order chi connectivity index (χ0) is 8.93. The van der Waals surface area contributed by atoms with Crippen molar-refractivity contribution in [3.8, 4) is 0 Å². The molecule has 1 saturated carbocycles. The summed E-state index contributed by atoms with van der Waals surface area (Å²) in [6.07, 6.45) is 13.9. The molecule has 0 radical (unpaired) electrons. The minimum Gasteiger partial charge on any atom is -0.298 e. The predicted molar refractivity (Wildman–Crippen MR) is 53.3 cm³/mol. The van der Waals surface area contributed by atoms with Crippen LogP contribution in [0.5, 0.6) is 0 Å². The van der Waals surface area contributed by atoms with E-state index in [0.29, 0.717) is 12.1 Å². The highest BCUT2D eigenvalue weighted by atomic mass is 16.7. The van der Waals surface area contributed by atoms with Crippen LogP contribution >= 0.6 is 0 Å². The maximum absolute atomic E-state index is 5.64. The van der Waals surface area contributed by atoms with Gasteiger partial charge in [0.1, 0.15) is 0 Å². The quantitative estimate of drug-likeness (QED) is 0.533. The molecule has 0 bridgehead atoms. The van der Waals surface area contributed by atoms with Crippen LogP contribution in [-0.4, -0.2) is 12.1 Å². The van der Waals surface area contributed by atoms with Gasteiger partial charge in [-0.25, -0.2) is 0 Å². The molecule has 2 rings (SSSR count). The molecule has 0 aliphatic heterocycles. The van der Waals surface area contributed by atoms with E-state index in [2.05, 4.69) is 17.6 Å². The van der Waals surface area contributed by atoms with Gasteiger partial charge < -0.3 is 0 Å². The summed E-state index contributed by atoms with van der Waals surface area (Å²) in [7, 11) is 0. The minimum absolute atomic E-state index is 0.467. The Kier molecular flexibility index (Phi) is 3.39. The molecule has 0 saturated heterocycles. The minimum atomic E-state index is 0.467. The van der Waals surface area contributed by atoms with Gasteiger partial charge in [-0.3, -0.25) is 4.84 Å². The van der Waals surface area contributed by atoms with E-state index in [1.54, 1.807) is 0 Å². The third kappa shape index (κ3) is 2.82. The molecule has 1 fully saturated rings. The van der Waals surface area contributed by atoms with Crippen molar-refractivity contribution < 1.29 is 4.84 Å². The summed E-state index contributed by atoms with van der Waals surface area (Å²) in [5.41, 5.74) is 3.18. The van der Waals surface area contributed by atoms with E-state index in [1.165, 1.54) is 44.9 Å². The molecular weight excluding hydrogens is 162 g/mol. The predicted octanol–water partition coefficient (Wildman–Crippen LogP) is 2.56. The third-order valence-corrected chi connectivity index (χ3v) is 2.94. The van der Waals surface area contributed by atoms with Crippen LogP contribution in [0.25, 0.3) is 0 Å². The molecule has 1 N–H and O–H groups in total. The highest BCUT2D eigenvalue weighted by Gasteiger charge is 2.17. The van der Waals surface area contributed by atoms with Crippen LogP contribution in [0, 0.1) is 0 Å². The Morgan fingerprint density at radius 3 is 2.62 bits per heavy atom. The van der Waals surface area contributed by atoms with Crippen LogP contribution in [0.2, 0.25) is 0 Å². The summed E-state index contributed by atoms with van der Waals surface area (Å²) in [6.45, 7) is 0. The average Bonchev–Trinajstić information content (AvgIpc) is 2.69. The molecule has 1 unspecified atom stereocenters. The number of hydrogen-bond acceptors (Lipinski definition) is 2. The van der Waals surface area contributed by atoms with Crippen molar-refractivity contribution in [2.45, 2.75) is 57.1 Å². The third-order valence-electron chi connectivity index (χ3n) is 2.94. The van der Waals surface area contributed by atoms with Gasteiger partial charge in [-0.2, -0.15) is 5.48 Å². The normalized spacial score (nSPS) is 29.7. The van der Waals surface area contributed by atoms with E-state index in [-0.39, 0.29) is 0 Å². The van der Waals surface area contributed by atoms with Crippen LogP contribution in [0.15, 0.2) is 12.2 Å². The Morgan fingerprint density at radius 1 is 1.08 bits per heavy atom. The Bertz CT molecular complexity index is 173. The zero-order valence-corrected chi connectivity index (χ0v) is 8.17. The SMILES string of the molecule is C1=CC(NOC2CCCC2)CCC1. The fourth-order valence-electron chi connectivity index (χ4n) is 2.10. The number of rotatable bonds is 3.